The van der Waals surface area contributed by atoms with Crippen LogP contribution in [-0.2, 0) is 11.8 Å². The average Bonchev–Trinajstić information content (AvgIpc) is 2.62. The molecule has 0 saturated heterocycles. The maximum Gasteiger partial charge on any atom is 0.225 e. The number of aliphatic hydroxyl groups excluding tert-OH is 1. The van der Waals surface area contributed by atoms with Crippen LogP contribution in [0, 0.1) is 5.41 Å². The molecule has 1 rings (SSSR count). The molecule has 0 aliphatic carbocycles. The van der Waals surface area contributed by atoms with E-state index in [2.05, 4.69) is 5.32 Å². The number of aromatic nitrogens is 1. The number of carbonyl (C=O) groups is 1. The van der Waals surface area contributed by atoms with E-state index in [0.717, 1.165) is 5.69 Å². The Kier molecular flexibility index (Phi) is 4.34. The Morgan fingerprint density at radius 1 is 1.53 bits per heavy atom. The van der Waals surface area contributed by atoms with Gasteiger partial charge in [-0.2, -0.15) is 0 Å². The first-order chi connectivity index (χ1) is 7.82. The summed E-state index contributed by atoms with van der Waals surface area (Å²) in [6, 6.07) is 3.78. The highest BCUT2D eigenvalue weighted by molar-refractivity contribution is 5.81. The van der Waals surface area contributed by atoms with Crippen molar-refractivity contribution >= 4 is 5.91 Å². The molecule has 0 aliphatic rings. The molecule has 4 heteroatoms. The molecule has 1 atom stereocenters. The quantitative estimate of drug-likeness (QED) is 0.837. The van der Waals surface area contributed by atoms with E-state index in [1.54, 1.807) is 0 Å². The fourth-order valence-corrected chi connectivity index (χ4v) is 1.56. The lowest BCUT2D eigenvalue weighted by molar-refractivity contribution is -0.128. The minimum Gasteiger partial charge on any atom is -0.387 e. The van der Waals surface area contributed by atoms with Gasteiger partial charge in [0.1, 0.15) is 0 Å². The highest BCUT2D eigenvalue weighted by atomic mass is 16.3. The SMILES string of the molecule is Cn1cccc1[C@@H](O)CCNC(=O)C(C)(C)C. The Hall–Kier alpha value is -1.29. The first-order valence-electron chi connectivity index (χ1n) is 5.90. The third kappa shape index (κ3) is 3.89. The van der Waals surface area contributed by atoms with Crippen LogP contribution in [0.4, 0.5) is 0 Å². The Bertz CT molecular complexity index is 377. The molecule has 0 unspecified atom stereocenters. The molecule has 0 spiro atoms. The van der Waals surface area contributed by atoms with E-state index in [0.29, 0.717) is 13.0 Å². The van der Waals surface area contributed by atoms with Gasteiger partial charge in [-0.25, -0.2) is 0 Å². The lowest BCUT2D eigenvalue weighted by Gasteiger charge is -2.18. The molecule has 1 aromatic rings. The van der Waals surface area contributed by atoms with Crippen molar-refractivity contribution < 1.29 is 9.90 Å². The van der Waals surface area contributed by atoms with Crippen LogP contribution < -0.4 is 5.32 Å². The van der Waals surface area contributed by atoms with Gasteiger partial charge in [-0.3, -0.25) is 4.79 Å². The smallest absolute Gasteiger partial charge is 0.225 e. The monoisotopic (exact) mass is 238 g/mol. The van der Waals surface area contributed by atoms with Crippen molar-refractivity contribution in [2.45, 2.75) is 33.3 Å². The van der Waals surface area contributed by atoms with Crippen LogP contribution in [0.3, 0.4) is 0 Å². The van der Waals surface area contributed by atoms with Gasteiger partial charge in [-0.1, -0.05) is 20.8 Å². The molecule has 0 bridgehead atoms. The summed E-state index contributed by atoms with van der Waals surface area (Å²) >= 11 is 0. The maximum atomic E-state index is 11.6. The summed E-state index contributed by atoms with van der Waals surface area (Å²) in [5, 5.41) is 12.8. The molecule has 0 aromatic carbocycles. The molecule has 17 heavy (non-hydrogen) atoms. The van der Waals surface area contributed by atoms with E-state index in [9.17, 15) is 9.90 Å². The summed E-state index contributed by atoms with van der Waals surface area (Å²) in [5.74, 6) is 0.0107. The Morgan fingerprint density at radius 3 is 2.65 bits per heavy atom. The number of hydrogen-bond acceptors (Lipinski definition) is 2. The van der Waals surface area contributed by atoms with Crippen molar-refractivity contribution in [1.82, 2.24) is 9.88 Å². The molecule has 0 aliphatic heterocycles. The van der Waals surface area contributed by atoms with Crippen LogP contribution in [0.15, 0.2) is 18.3 Å². The third-order valence-corrected chi connectivity index (χ3v) is 2.71. The van der Waals surface area contributed by atoms with Crippen LogP contribution in [0.2, 0.25) is 0 Å². The van der Waals surface area contributed by atoms with E-state index in [4.69, 9.17) is 0 Å². The number of aliphatic hydroxyl groups is 1. The number of carbonyl (C=O) groups excluding carboxylic acids is 1. The van der Waals surface area contributed by atoms with Crippen molar-refractivity contribution in [2.75, 3.05) is 6.54 Å². The molecule has 1 amide bonds. The molecule has 0 saturated carbocycles. The molecule has 4 nitrogen and oxygen atoms in total. The minimum absolute atomic E-state index is 0.0107. The first-order valence-corrected chi connectivity index (χ1v) is 5.90. The Labute approximate surface area is 103 Å². The molecule has 1 heterocycles. The van der Waals surface area contributed by atoms with Crippen molar-refractivity contribution in [1.29, 1.82) is 0 Å². The number of amides is 1. The zero-order valence-corrected chi connectivity index (χ0v) is 11.0. The van der Waals surface area contributed by atoms with Crippen molar-refractivity contribution in [2.24, 2.45) is 12.5 Å². The number of nitrogens with one attached hydrogen (secondary N) is 1. The predicted octanol–water partition coefficient (Wildman–Crippen LogP) is 1.61. The second kappa shape index (κ2) is 5.36. The largest absolute Gasteiger partial charge is 0.387 e. The standard InChI is InChI=1S/C13H22N2O2/c1-13(2,3)12(17)14-8-7-11(16)10-6-5-9-15(10)4/h5-6,9,11,16H,7-8H2,1-4H3,(H,14,17)/t11-/m0/s1. The lowest BCUT2D eigenvalue weighted by Crippen LogP contribution is -2.35. The van der Waals surface area contributed by atoms with E-state index in [1.165, 1.54) is 0 Å². The van der Waals surface area contributed by atoms with Gasteiger partial charge in [0.25, 0.3) is 0 Å². The van der Waals surface area contributed by atoms with Crippen LogP contribution in [0.1, 0.15) is 39.0 Å². The maximum absolute atomic E-state index is 11.6. The van der Waals surface area contributed by atoms with Crippen LogP contribution in [0.5, 0.6) is 0 Å². The minimum atomic E-state index is -0.532. The first kappa shape index (κ1) is 13.8. The van der Waals surface area contributed by atoms with Gasteiger partial charge in [-0.05, 0) is 18.6 Å². The van der Waals surface area contributed by atoms with Crippen molar-refractivity contribution in [3.05, 3.63) is 24.0 Å². The summed E-state index contributed by atoms with van der Waals surface area (Å²) < 4.78 is 1.89. The molecule has 0 radical (unpaired) electrons. The van der Waals surface area contributed by atoms with E-state index < -0.39 is 6.10 Å². The topological polar surface area (TPSA) is 54.3 Å². The summed E-state index contributed by atoms with van der Waals surface area (Å²) in [5.41, 5.74) is 0.491. The number of hydrogen-bond donors (Lipinski definition) is 2. The van der Waals surface area contributed by atoms with E-state index in [-0.39, 0.29) is 11.3 Å². The molecular weight excluding hydrogens is 216 g/mol. The van der Waals surface area contributed by atoms with E-state index in [1.807, 2.05) is 50.7 Å². The zero-order chi connectivity index (χ0) is 13.1. The van der Waals surface area contributed by atoms with Gasteiger partial charge >= 0.3 is 0 Å². The molecule has 1 aromatic heterocycles. The summed E-state index contributed by atoms with van der Waals surface area (Å²) in [4.78, 5) is 11.6. The molecular formula is C13H22N2O2. The summed E-state index contributed by atoms with van der Waals surface area (Å²) in [6.45, 7) is 6.10. The summed E-state index contributed by atoms with van der Waals surface area (Å²) in [6.07, 6.45) is 1.89. The van der Waals surface area contributed by atoms with Gasteiger partial charge in [0.05, 0.1) is 6.10 Å². The summed E-state index contributed by atoms with van der Waals surface area (Å²) in [7, 11) is 1.90. The van der Waals surface area contributed by atoms with Gasteiger partial charge in [0.2, 0.25) is 5.91 Å². The fourth-order valence-electron chi connectivity index (χ4n) is 1.56. The molecule has 2 N–H and O–H groups in total. The number of nitrogens with zero attached hydrogens (tertiary/aromatic N) is 1. The Morgan fingerprint density at radius 2 is 2.18 bits per heavy atom. The highest BCUT2D eigenvalue weighted by Crippen LogP contribution is 2.16. The Balaban J connectivity index is 2.38. The van der Waals surface area contributed by atoms with Gasteiger partial charge in [0.15, 0.2) is 0 Å². The van der Waals surface area contributed by atoms with Gasteiger partial charge < -0.3 is 15.0 Å². The lowest BCUT2D eigenvalue weighted by atomic mass is 9.95. The van der Waals surface area contributed by atoms with Crippen molar-refractivity contribution in [3.8, 4) is 0 Å². The highest BCUT2D eigenvalue weighted by Gasteiger charge is 2.20. The second-order valence-corrected chi connectivity index (χ2v) is 5.35. The molecule has 96 valence electrons. The van der Waals surface area contributed by atoms with Crippen LogP contribution >= 0.6 is 0 Å². The zero-order valence-electron chi connectivity index (χ0n) is 11.0. The molecule has 0 fully saturated rings. The van der Waals surface area contributed by atoms with Crippen LogP contribution in [0.25, 0.3) is 0 Å². The number of aryl methyl sites for hydroxylation is 1. The van der Waals surface area contributed by atoms with Gasteiger partial charge in [0, 0.05) is 30.9 Å². The van der Waals surface area contributed by atoms with Gasteiger partial charge in [-0.15, -0.1) is 0 Å². The fraction of sp³-hybridized carbons (Fsp3) is 0.615. The number of rotatable bonds is 4. The second-order valence-electron chi connectivity index (χ2n) is 5.35. The third-order valence-electron chi connectivity index (χ3n) is 2.71. The predicted molar refractivity (Wildman–Crippen MR) is 67.5 cm³/mol. The van der Waals surface area contributed by atoms with Crippen LogP contribution in [-0.4, -0.2) is 22.1 Å². The average molecular weight is 238 g/mol. The van der Waals surface area contributed by atoms with Crippen molar-refractivity contribution in [3.63, 3.8) is 0 Å². The normalized spacial score (nSPS) is 13.5. The van der Waals surface area contributed by atoms with E-state index >= 15 is 0 Å².